The van der Waals surface area contributed by atoms with Gasteiger partial charge in [0.15, 0.2) is 0 Å². The van der Waals surface area contributed by atoms with E-state index < -0.39 is 5.60 Å². The van der Waals surface area contributed by atoms with Gasteiger partial charge in [0.05, 0.1) is 29.2 Å². The molecule has 0 saturated carbocycles. The first-order valence-electron chi connectivity index (χ1n) is 6.63. The minimum atomic E-state index is -0.579. The number of hydrogen-bond donors (Lipinski definition) is 3. The summed E-state index contributed by atoms with van der Waals surface area (Å²) in [6, 6.07) is 0. The molecule has 6 nitrogen and oxygen atoms in total. The number of aliphatic hydroxyl groups is 1. The Morgan fingerprint density at radius 2 is 2.11 bits per heavy atom. The largest absolute Gasteiger partial charge is 0.390 e. The molecule has 1 aromatic rings. The van der Waals surface area contributed by atoms with Crippen molar-refractivity contribution in [2.24, 2.45) is 0 Å². The number of anilines is 1. The number of aryl methyl sites for hydroxylation is 2. The molecule has 0 unspecified atom stereocenters. The lowest BCUT2D eigenvalue weighted by Crippen LogP contribution is -2.45. The monoisotopic (exact) mass is 266 g/mol. The fraction of sp³-hybridized carbons (Fsp3) is 0.692. The molecule has 1 amide bonds. The average Bonchev–Trinajstić information content (AvgIpc) is 2.64. The summed E-state index contributed by atoms with van der Waals surface area (Å²) in [5.74, 6) is -0.0332. The first kappa shape index (κ1) is 14.0. The molecule has 2 heterocycles. The number of nitrogens with one attached hydrogen (secondary N) is 2. The lowest BCUT2D eigenvalue weighted by atomic mass is 9.94. The van der Waals surface area contributed by atoms with Crippen LogP contribution in [0.15, 0.2) is 0 Å². The number of hydrogen-bond acceptors (Lipinski definition) is 4. The van der Waals surface area contributed by atoms with E-state index in [0.717, 1.165) is 30.2 Å². The Morgan fingerprint density at radius 1 is 1.47 bits per heavy atom. The minimum Gasteiger partial charge on any atom is -0.390 e. The van der Waals surface area contributed by atoms with E-state index in [4.69, 9.17) is 0 Å². The molecule has 19 heavy (non-hydrogen) atoms. The smallest absolute Gasteiger partial charge is 0.238 e. The zero-order valence-corrected chi connectivity index (χ0v) is 11.8. The lowest BCUT2D eigenvalue weighted by Gasteiger charge is -2.35. The number of likely N-dealkylation sites (tertiary alicyclic amines) is 1. The third-order valence-corrected chi connectivity index (χ3v) is 3.69. The van der Waals surface area contributed by atoms with Crippen molar-refractivity contribution < 1.29 is 9.90 Å². The highest BCUT2D eigenvalue weighted by atomic mass is 16.3. The van der Waals surface area contributed by atoms with E-state index in [9.17, 15) is 9.90 Å². The second-order valence-corrected chi connectivity index (χ2v) is 5.63. The van der Waals surface area contributed by atoms with Crippen LogP contribution in [0, 0.1) is 13.8 Å². The second-order valence-electron chi connectivity index (χ2n) is 5.63. The first-order valence-corrected chi connectivity index (χ1v) is 6.63. The van der Waals surface area contributed by atoms with E-state index in [0.29, 0.717) is 19.4 Å². The summed E-state index contributed by atoms with van der Waals surface area (Å²) in [4.78, 5) is 14.1. The Hall–Kier alpha value is -1.40. The first-order chi connectivity index (χ1) is 8.87. The molecule has 6 heteroatoms. The fourth-order valence-electron chi connectivity index (χ4n) is 2.31. The van der Waals surface area contributed by atoms with Gasteiger partial charge in [-0.15, -0.1) is 0 Å². The zero-order valence-electron chi connectivity index (χ0n) is 11.8. The summed E-state index contributed by atoms with van der Waals surface area (Å²) in [5.41, 5.74) is 1.86. The maximum absolute atomic E-state index is 12.0. The van der Waals surface area contributed by atoms with E-state index in [2.05, 4.69) is 20.4 Å². The third kappa shape index (κ3) is 3.54. The van der Waals surface area contributed by atoms with Crippen molar-refractivity contribution in [2.75, 3.05) is 25.0 Å². The summed E-state index contributed by atoms with van der Waals surface area (Å²) in [6.45, 7) is 7.46. The number of carbonyl (C=O) groups excluding carboxylic acids is 1. The number of amides is 1. The Labute approximate surface area is 113 Å². The van der Waals surface area contributed by atoms with Crippen LogP contribution in [0.5, 0.6) is 0 Å². The van der Waals surface area contributed by atoms with Gasteiger partial charge in [-0.1, -0.05) is 0 Å². The average molecular weight is 266 g/mol. The Kier molecular flexibility index (Phi) is 3.91. The zero-order chi connectivity index (χ0) is 14.0. The molecule has 106 valence electrons. The van der Waals surface area contributed by atoms with Gasteiger partial charge in [0.2, 0.25) is 5.91 Å². The molecule has 0 radical (unpaired) electrons. The summed E-state index contributed by atoms with van der Waals surface area (Å²) in [5, 5.41) is 19.7. The molecule has 1 aliphatic rings. The maximum atomic E-state index is 12.0. The molecule has 1 aliphatic heterocycles. The summed E-state index contributed by atoms with van der Waals surface area (Å²) in [6.07, 6.45) is 1.42. The van der Waals surface area contributed by atoms with Crippen molar-refractivity contribution in [3.63, 3.8) is 0 Å². The van der Waals surface area contributed by atoms with E-state index in [1.807, 2.05) is 20.8 Å². The molecule has 0 spiro atoms. The molecule has 1 saturated heterocycles. The molecular formula is C13H22N4O2. The number of aromatic nitrogens is 2. The topological polar surface area (TPSA) is 81.2 Å². The van der Waals surface area contributed by atoms with Gasteiger partial charge < -0.3 is 10.4 Å². The van der Waals surface area contributed by atoms with Crippen LogP contribution in [-0.4, -0.2) is 51.3 Å². The highest BCUT2D eigenvalue weighted by Gasteiger charge is 2.28. The van der Waals surface area contributed by atoms with Gasteiger partial charge in [-0.2, -0.15) is 5.10 Å². The van der Waals surface area contributed by atoms with Gasteiger partial charge in [0.25, 0.3) is 0 Å². The maximum Gasteiger partial charge on any atom is 0.238 e. The lowest BCUT2D eigenvalue weighted by molar-refractivity contribution is -0.118. The van der Waals surface area contributed by atoms with E-state index in [1.165, 1.54) is 0 Å². The van der Waals surface area contributed by atoms with Crippen molar-refractivity contribution in [3.8, 4) is 0 Å². The van der Waals surface area contributed by atoms with Gasteiger partial charge in [-0.3, -0.25) is 14.8 Å². The molecule has 0 aliphatic carbocycles. The predicted octanol–water partition coefficient (Wildman–Crippen LogP) is 0.812. The van der Waals surface area contributed by atoms with Crippen LogP contribution in [0.3, 0.4) is 0 Å². The van der Waals surface area contributed by atoms with E-state index >= 15 is 0 Å². The molecule has 1 fully saturated rings. The van der Waals surface area contributed by atoms with Crippen LogP contribution in [-0.2, 0) is 4.79 Å². The quantitative estimate of drug-likeness (QED) is 0.756. The number of aromatic amines is 1. The van der Waals surface area contributed by atoms with Crippen molar-refractivity contribution in [1.29, 1.82) is 0 Å². The van der Waals surface area contributed by atoms with Crippen molar-refractivity contribution in [2.45, 2.75) is 39.2 Å². The SMILES string of the molecule is Cc1n[nH]c(C)c1NC(=O)CN1CCC(C)(O)CC1. The fourth-order valence-corrected chi connectivity index (χ4v) is 2.31. The molecule has 2 rings (SSSR count). The van der Waals surface area contributed by atoms with Crippen LogP contribution in [0.25, 0.3) is 0 Å². The second kappa shape index (κ2) is 5.30. The van der Waals surface area contributed by atoms with Gasteiger partial charge in [-0.05, 0) is 33.6 Å². The third-order valence-electron chi connectivity index (χ3n) is 3.69. The summed E-state index contributed by atoms with van der Waals surface area (Å²) < 4.78 is 0. The Balaban J connectivity index is 1.86. The highest BCUT2D eigenvalue weighted by Crippen LogP contribution is 2.21. The molecular weight excluding hydrogens is 244 g/mol. The number of rotatable bonds is 3. The van der Waals surface area contributed by atoms with Gasteiger partial charge in [0.1, 0.15) is 0 Å². The number of piperidine rings is 1. The molecule has 3 N–H and O–H groups in total. The van der Waals surface area contributed by atoms with Gasteiger partial charge in [-0.25, -0.2) is 0 Å². The van der Waals surface area contributed by atoms with Crippen LogP contribution < -0.4 is 5.32 Å². The van der Waals surface area contributed by atoms with Crippen LogP contribution >= 0.6 is 0 Å². The van der Waals surface area contributed by atoms with Gasteiger partial charge in [0, 0.05) is 13.1 Å². The molecule has 1 aromatic heterocycles. The Morgan fingerprint density at radius 3 is 2.63 bits per heavy atom. The van der Waals surface area contributed by atoms with Gasteiger partial charge >= 0.3 is 0 Å². The predicted molar refractivity (Wildman–Crippen MR) is 73.0 cm³/mol. The molecule has 0 atom stereocenters. The summed E-state index contributed by atoms with van der Waals surface area (Å²) >= 11 is 0. The van der Waals surface area contributed by atoms with Crippen molar-refractivity contribution >= 4 is 11.6 Å². The number of carbonyl (C=O) groups is 1. The highest BCUT2D eigenvalue weighted by molar-refractivity contribution is 5.93. The normalized spacial score (nSPS) is 19.4. The standard InChI is InChI=1S/C13H22N4O2/c1-9-12(10(2)16-15-9)14-11(18)8-17-6-4-13(3,19)5-7-17/h19H,4-8H2,1-3H3,(H,14,18)(H,15,16). The van der Waals surface area contributed by atoms with Crippen molar-refractivity contribution in [3.05, 3.63) is 11.4 Å². The van der Waals surface area contributed by atoms with Crippen LogP contribution in [0.4, 0.5) is 5.69 Å². The van der Waals surface area contributed by atoms with Crippen LogP contribution in [0.1, 0.15) is 31.2 Å². The van der Waals surface area contributed by atoms with E-state index in [1.54, 1.807) is 0 Å². The summed E-state index contributed by atoms with van der Waals surface area (Å²) in [7, 11) is 0. The minimum absolute atomic E-state index is 0.0332. The number of nitrogens with zero attached hydrogens (tertiary/aromatic N) is 2. The van der Waals surface area contributed by atoms with Crippen LogP contribution in [0.2, 0.25) is 0 Å². The Bertz CT molecular complexity index is 438. The van der Waals surface area contributed by atoms with E-state index in [-0.39, 0.29) is 5.91 Å². The van der Waals surface area contributed by atoms with Crippen molar-refractivity contribution in [1.82, 2.24) is 15.1 Å². The number of H-pyrrole nitrogens is 1. The molecule has 0 aromatic carbocycles. The molecule has 0 bridgehead atoms.